The SMILES string of the molecule is Cc1cc(CSc2ncccc2C(=O)Nc2ccc(NS(C)(=O)=O)cc2)no1. The summed E-state index contributed by atoms with van der Waals surface area (Å²) in [6.45, 7) is 1.82. The molecule has 0 aliphatic carbocycles. The van der Waals surface area contributed by atoms with E-state index in [0.717, 1.165) is 17.7 Å². The number of thioether (sulfide) groups is 1. The highest BCUT2D eigenvalue weighted by molar-refractivity contribution is 7.98. The van der Waals surface area contributed by atoms with Crippen molar-refractivity contribution < 1.29 is 17.7 Å². The summed E-state index contributed by atoms with van der Waals surface area (Å²) in [5, 5.41) is 7.30. The smallest absolute Gasteiger partial charge is 0.258 e. The molecule has 1 aromatic carbocycles. The Bertz CT molecular complexity index is 1080. The van der Waals surface area contributed by atoms with Crippen LogP contribution >= 0.6 is 11.8 Å². The van der Waals surface area contributed by atoms with Crippen LogP contribution in [0.2, 0.25) is 0 Å². The Morgan fingerprint density at radius 2 is 1.89 bits per heavy atom. The number of carbonyl (C=O) groups excluding carboxylic acids is 1. The summed E-state index contributed by atoms with van der Waals surface area (Å²) in [5.74, 6) is 0.944. The average molecular weight is 419 g/mol. The first kappa shape index (κ1) is 19.9. The number of aromatic nitrogens is 2. The Labute approximate surface area is 166 Å². The molecule has 3 rings (SSSR count). The summed E-state index contributed by atoms with van der Waals surface area (Å²) in [6.07, 6.45) is 2.70. The number of benzene rings is 1. The molecule has 1 amide bonds. The second-order valence-electron chi connectivity index (χ2n) is 5.98. The Kier molecular flexibility index (Phi) is 6.00. The van der Waals surface area contributed by atoms with Gasteiger partial charge in [-0.3, -0.25) is 9.52 Å². The van der Waals surface area contributed by atoms with Gasteiger partial charge in [-0.2, -0.15) is 0 Å². The molecule has 0 aliphatic heterocycles. The maximum atomic E-state index is 12.7. The molecular weight excluding hydrogens is 400 g/mol. The van der Waals surface area contributed by atoms with Crippen molar-refractivity contribution in [3.63, 3.8) is 0 Å². The predicted octanol–water partition coefficient (Wildman–Crippen LogP) is 3.29. The Morgan fingerprint density at radius 1 is 1.18 bits per heavy atom. The van der Waals surface area contributed by atoms with Gasteiger partial charge in [-0.1, -0.05) is 16.9 Å². The van der Waals surface area contributed by atoms with Crippen LogP contribution in [0, 0.1) is 6.92 Å². The van der Waals surface area contributed by atoms with Crippen LogP contribution in [0.4, 0.5) is 11.4 Å². The quantitative estimate of drug-likeness (QED) is 0.566. The number of anilines is 2. The van der Waals surface area contributed by atoms with E-state index in [0.29, 0.717) is 27.7 Å². The zero-order chi connectivity index (χ0) is 20.1. The first-order chi connectivity index (χ1) is 13.3. The minimum atomic E-state index is -3.35. The molecule has 10 heteroatoms. The van der Waals surface area contributed by atoms with Gasteiger partial charge in [0.05, 0.1) is 17.5 Å². The van der Waals surface area contributed by atoms with E-state index in [1.54, 1.807) is 42.6 Å². The number of sulfonamides is 1. The molecule has 28 heavy (non-hydrogen) atoms. The summed E-state index contributed by atoms with van der Waals surface area (Å²) in [7, 11) is -3.35. The van der Waals surface area contributed by atoms with E-state index in [1.165, 1.54) is 11.8 Å². The number of rotatable bonds is 7. The topological polar surface area (TPSA) is 114 Å². The number of aryl methyl sites for hydroxylation is 1. The van der Waals surface area contributed by atoms with Gasteiger partial charge >= 0.3 is 0 Å². The van der Waals surface area contributed by atoms with Gasteiger partial charge < -0.3 is 9.84 Å². The highest BCUT2D eigenvalue weighted by Crippen LogP contribution is 2.25. The molecule has 0 saturated heterocycles. The van der Waals surface area contributed by atoms with E-state index in [4.69, 9.17) is 4.52 Å². The number of amides is 1. The second kappa shape index (κ2) is 8.44. The minimum Gasteiger partial charge on any atom is -0.361 e. The van der Waals surface area contributed by atoms with Gasteiger partial charge in [-0.05, 0) is 43.3 Å². The normalized spacial score (nSPS) is 11.2. The largest absolute Gasteiger partial charge is 0.361 e. The zero-order valence-corrected chi connectivity index (χ0v) is 16.8. The fourth-order valence-corrected chi connectivity index (χ4v) is 3.78. The summed E-state index contributed by atoms with van der Waals surface area (Å²) >= 11 is 1.39. The average Bonchev–Trinajstić information content (AvgIpc) is 3.06. The van der Waals surface area contributed by atoms with Gasteiger partial charge in [-0.15, -0.1) is 0 Å². The summed E-state index contributed by atoms with van der Waals surface area (Å²) < 4.78 is 29.9. The minimum absolute atomic E-state index is 0.309. The molecule has 3 aromatic rings. The molecular formula is C18H18N4O4S2. The number of hydrogen-bond donors (Lipinski definition) is 2. The Balaban J connectivity index is 1.68. The van der Waals surface area contributed by atoms with Gasteiger partial charge in [0.25, 0.3) is 5.91 Å². The third-order valence-electron chi connectivity index (χ3n) is 3.50. The molecule has 0 spiro atoms. The lowest BCUT2D eigenvalue weighted by molar-refractivity contribution is 0.102. The third-order valence-corrected chi connectivity index (χ3v) is 5.14. The number of nitrogens with zero attached hydrogens (tertiary/aromatic N) is 2. The van der Waals surface area contributed by atoms with Crippen molar-refractivity contribution in [3.8, 4) is 0 Å². The highest BCUT2D eigenvalue weighted by atomic mass is 32.2. The fourth-order valence-electron chi connectivity index (χ4n) is 2.34. The van der Waals surface area contributed by atoms with Crippen LogP contribution < -0.4 is 10.0 Å². The second-order valence-corrected chi connectivity index (χ2v) is 8.69. The van der Waals surface area contributed by atoms with Gasteiger partial charge in [0.15, 0.2) is 0 Å². The lowest BCUT2D eigenvalue weighted by Crippen LogP contribution is -2.14. The molecule has 8 nitrogen and oxygen atoms in total. The molecule has 0 bridgehead atoms. The summed E-state index contributed by atoms with van der Waals surface area (Å²) in [5.41, 5.74) is 2.16. The van der Waals surface area contributed by atoms with Crippen molar-refractivity contribution in [1.29, 1.82) is 0 Å². The van der Waals surface area contributed by atoms with Crippen LogP contribution in [0.3, 0.4) is 0 Å². The predicted molar refractivity (Wildman–Crippen MR) is 108 cm³/mol. The van der Waals surface area contributed by atoms with Gasteiger partial charge in [0, 0.05) is 29.4 Å². The third kappa shape index (κ3) is 5.57. The molecule has 0 radical (unpaired) electrons. The molecule has 2 N–H and O–H groups in total. The van der Waals surface area contributed by atoms with Crippen molar-refractivity contribution in [2.24, 2.45) is 0 Å². The van der Waals surface area contributed by atoms with Gasteiger partial charge in [0.1, 0.15) is 10.8 Å². The van der Waals surface area contributed by atoms with Crippen molar-refractivity contribution in [2.45, 2.75) is 17.7 Å². The maximum absolute atomic E-state index is 12.7. The molecule has 0 atom stereocenters. The van der Waals surface area contributed by atoms with Crippen LogP contribution in [0.25, 0.3) is 0 Å². The van der Waals surface area contributed by atoms with Crippen molar-refractivity contribution in [3.05, 3.63) is 65.7 Å². The van der Waals surface area contributed by atoms with E-state index >= 15 is 0 Å². The maximum Gasteiger partial charge on any atom is 0.258 e. The van der Waals surface area contributed by atoms with E-state index in [1.807, 2.05) is 13.0 Å². The fraction of sp³-hybridized carbons (Fsp3) is 0.167. The lowest BCUT2D eigenvalue weighted by Gasteiger charge is -2.09. The molecule has 2 heterocycles. The molecule has 2 aromatic heterocycles. The van der Waals surface area contributed by atoms with E-state index < -0.39 is 10.0 Å². The Hall–Kier alpha value is -2.85. The number of pyridine rings is 1. The van der Waals surface area contributed by atoms with Crippen LogP contribution in [0.5, 0.6) is 0 Å². The molecule has 0 fully saturated rings. The van der Waals surface area contributed by atoms with Crippen molar-refractivity contribution >= 4 is 39.1 Å². The molecule has 0 aliphatic rings. The van der Waals surface area contributed by atoms with Crippen LogP contribution in [-0.4, -0.2) is 30.7 Å². The first-order valence-corrected chi connectivity index (χ1v) is 11.1. The van der Waals surface area contributed by atoms with E-state index in [-0.39, 0.29) is 5.91 Å². The van der Waals surface area contributed by atoms with E-state index in [9.17, 15) is 13.2 Å². The summed E-state index contributed by atoms with van der Waals surface area (Å²) in [6, 6.07) is 11.6. The van der Waals surface area contributed by atoms with Crippen LogP contribution in [-0.2, 0) is 15.8 Å². The van der Waals surface area contributed by atoms with E-state index in [2.05, 4.69) is 20.2 Å². The van der Waals surface area contributed by atoms with Crippen molar-refractivity contribution in [1.82, 2.24) is 10.1 Å². The lowest BCUT2D eigenvalue weighted by atomic mass is 10.2. The Morgan fingerprint density at radius 3 is 2.54 bits per heavy atom. The first-order valence-electron chi connectivity index (χ1n) is 8.19. The molecule has 0 saturated carbocycles. The summed E-state index contributed by atoms with van der Waals surface area (Å²) in [4.78, 5) is 16.9. The van der Waals surface area contributed by atoms with Crippen molar-refractivity contribution in [2.75, 3.05) is 16.3 Å². The molecule has 0 unspecified atom stereocenters. The van der Waals surface area contributed by atoms with Crippen LogP contribution in [0.1, 0.15) is 21.8 Å². The molecule has 146 valence electrons. The van der Waals surface area contributed by atoms with Gasteiger partial charge in [0.2, 0.25) is 10.0 Å². The standard InChI is InChI=1S/C18H18N4O4S2/c1-12-10-15(21-26-12)11-27-18-16(4-3-9-19-18)17(23)20-13-5-7-14(8-6-13)22-28(2,24)25/h3-10,22H,11H2,1-2H3,(H,20,23). The number of carbonyl (C=O) groups is 1. The number of nitrogens with one attached hydrogen (secondary N) is 2. The van der Waals surface area contributed by atoms with Crippen LogP contribution in [0.15, 0.2) is 58.2 Å². The highest BCUT2D eigenvalue weighted by Gasteiger charge is 2.14. The van der Waals surface area contributed by atoms with Gasteiger partial charge in [-0.25, -0.2) is 13.4 Å². The monoisotopic (exact) mass is 418 g/mol. The number of hydrogen-bond acceptors (Lipinski definition) is 7. The zero-order valence-electron chi connectivity index (χ0n) is 15.2.